The van der Waals surface area contributed by atoms with Crippen LogP contribution in [0.5, 0.6) is 5.75 Å². The number of benzene rings is 2. The SMILES string of the molecule is COc1ccc2cc(NC(=O)Nc3ccccc3)cnc2c1. The van der Waals surface area contributed by atoms with E-state index in [1.165, 1.54) is 0 Å². The molecule has 0 atom stereocenters. The number of ether oxygens (including phenoxy) is 1. The molecule has 3 aromatic rings. The molecule has 5 heteroatoms. The first kappa shape index (κ1) is 13.9. The van der Waals surface area contributed by atoms with Crippen LogP contribution in [0.2, 0.25) is 0 Å². The van der Waals surface area contributed by atoms with Gasteiger partial charge in [-0.2, -0.15) is 0 Å². The van der Waals surface area contributed by atoms with E-state index in [0.29, 0.717) is 5.69 Å². The van der Waals surface area contributed by atoms with Crippen molar-refractivity contribution in [3.05, 3.63) is 60.8 Å². The lowest BCUT2D eigenvalue weighted by molar-refractivity contribution is 0.262. The zero-order valence-corrected chi connectivity index (χ0v) is 12.0. The van der Waals surface area contributed by atoms with E-state index < -0.39 is 0 Å². The highest BCUT2D eigenvalue weighted by atomic mass is 16.5. The van der Waals surface area contributed by atoms with Crippen molar-refractivity contribution in [2.24, 2.45) is 0 Å². The van der Waals surface area contributed by atoms with Gasteiger partial charge in [0.25, 0.3) is 0 Å². The first-order valence-electron chi connectivity index (χ1n) is 6.81. The fourth-order valence-electron chi connectivity index (χ4n) is 2.11. The summed E-state index contributed by atoms with van der Waals surface area (Å²) in [6, 6.07) is 16.4. The van der Waals surface area contributed by atoms with Gasteiger partial charge in [0.2, 0.25) is 0 Å². The van der Waals surface area contributed by atoms with Gasteiger partial charge in [0, 0.05) is 17.1 Å². The number of para-hydroxylation sites is 1. The Hall–Kier alpha value is -3.08. The van der Waals surface area contributed by atoms with Gasteiger partial charge < -0.3 is 15.4 Å². The highest BCUT2D eigenvalue weighted by Gasteiger charge is 2.04. The summed E-state index contributed by atoms with van der Waals surface area (Å²) in [7, 11) is 1.62. The molecule has 1 aromatic heterocycles. The standard InChI is InChI=1S/C17H15N3O2/c1-22-15-8-7-12-9-14(11-18-16(12)10-15)20-17(21)19-13-5-3-2-4-6-13/h2-11H,1H3,(H2,19,20,21). The molecule has 0 saturated carbocycles. The Bertz CT molecular complexity index is 803. The number of amides is 2. The molecule has 110 valence electrons. The summed E-state index contributed by atoms with van der Waals surface area (Å²) < 4.78 is 5.16. The Kier molecular flexibility index (Phi) is 3.87. The number of carbonyl (C=O) groups excluding carboxylic acids is 1. The summed E-state index contributed by atoms with van der Waals surface area (Å²) in [4.78, 5) is 16.3. The van der Waals surface area contributed by atoms with Crippen molar-refractivity contribution >= 4 is 28.3 Å². The lowest BCUT2D eigenvalue weighted by Gasteiger charge is -2.08. The van der Waals surface area contributed by atoms with Crippen LogP contribution in [-0.4, -0.2) is 18.1 Å². The van der Waals surface area contributed by atoms with Crippen molar-refractivity contribution in [2.75, 3.05) is 17.7 Å². The van der Waals surface area contributed by atoms with Crippen LogP contribution >= 0.6 is 0 Å². The van der Waals surface area contributed by atoms with Crippen LogP contribution in [0.4, 0.5) is 16.2 Å². The second kappa shape index (κ2) is 6.13. The number of pyridine rings is 1. The number of carbonyl (C=O) groups is 1. The van der Waals surface area contributed by atoms with Gasteiger partial charge in [-0.3, -0.25) is 4.98 Å². The maximum Gasteiger partial charge on any atom is 0.323 e. The molecule has 0 bridgehead atoms. The predicted molar refractivity (Wildman–Crippen MR) is 87.4 cm³/mol. The molecule has 0 unspecified atom stereocenters. The predicted octanol–water partition coefficient (Wildman–Crippen LogP) is 3.89. The highest BCUT2D eigenvalue weighted by Crippen LogP contribution is 2.21. The summed E-state index contributed by atoms with van der Waals surface area (Å²) >= 11 is 0. The van der Waals surface area contributed by atoms with Crippen LogP contribution in [0.25, 0.3) is 10.9 Å². The van der Waals surface area contributed by atoms with Crippen LogP contribution in [0.15, 0.2) is 60.8 Å². The number of hydrogen-bond donors (Lipinski definition) is 2. The molecule has 2 amide bonds. The largest absolute Gasteiger partial charge is 0.497 e. The van der Waals surface area contributed by atoms with E-state index in [9.17, 15) is 4.79 Å². The Morgan fingerprint density at radius 2 is 1.77 bits per heavy atom. The minimum absolute atomic E-state index is 0.305. The Balaban J connectivity index is 1.75. The molecule has 0 aliphatic carbocycles. The summed E-state index contributed by atoms with van der Waals surface area (Å²) in [6.07, 6.45) is 1.62. The monoisotopic (exact) mass is 293 g/mol. The first-order valence-corrected chi connectivity index (χ1v) is 6.81. The molecule has 3 rings (SSSR count). The van der Waals surface area contributed by atoms with E-state index in [0.717, 1.165) is 22.3 Å². The fraction of sp³-hybridized carbons (Fsp3) is 0.0588. The molecule has 0 aliphatic heterocycles. The number of nitrogens with zero attached hydrogens (tertiary/aromatic N) is 1. The molecular formula is C17H15N3O2. The van der Waals surface area contributed by atoms with E-state index in [1.54, 1.807) is 13.3 Å². The van der Waals surface area contributed by atoms with E-state index in [2.05, 4.69) is 15.6 Å². The maximum absolute atomic E-state index is 11.9. The van der Waals surface area contributed by atoms with E-state index in [-0.39, 0.29) is 6.03 Å². The topological polar surface area (TPSA) is 63.2 Å². The van der Waals surface area contributed by atoms with Gasteiger partial charge in [0.05, 0.1) is 24.5 Å². The minimum atomic E-state index is -0.305. The number of urea groups is 1. The molecule has 2 N–H and O–H groups in total. The van der Waals surface area contributed by atoms with Crippen molar-refractivity contribution in [3.63, 3.8) is 0 Å². The summed E-state index contributed by atoms with van der Waals surface area (Å²) in [5, 5.41) is 6.46. The lowest BCUT2D eigenvalue weighted by atomic mass is 10.2. The number of aromatic nitrogens is 1. The molecule has 0 saturated heterocycles. The number of fused-ring (bicyclic) bond motifs is 1. The smallest absolute Gasteiger partial charge is 0.323 e. The zero-order chi connectivity index (χ0) is 15.4. The number of methoxy groups -OCH3 is 1. The van der Waals surface area contributed by atoms with Gasteiger partial charge in [0.15, 0.2) is 0 Å². The molecule has 22 heavy (non-hydrogen) atoms. The van der Waals surface area contributed by atoms with E-state index >= 15 is 0 Å². The lowest BCUT2D eigenvalue weighted by Crippen LogP contribution is -2.19. The molecule has 2 aromatic carbocycles. The Morgan fingerprint density at radius 1 is 1.00 bits per heavy atom. The fourth-order valence-corrected chi connectivity index (χ4v) is 2.11. The quantitative estimate of drug-likeness (QED) is 0.770. The maximum atomic E-state index is 11.9. The summed E-state index contributed by atoms with van der Waals surface area (Å²) in [5.74, 6) is 0.752. The van der Waals surface area contributed by atoms with E-state index in [1.807, 2.05) is 54.6 Å². The molecule has 0 radical (unpaired) electrons. The van der Waals surface area contributed by atoms with Crippen molar-refractivity contribution in [1.29, 1.82) is 0 Å². The Morgan fingerprint density at radius 3 is 2.55 bits per heavy atom. The normalized spacial score (nSPS) is 10.2. The van der Waals surface area contributed by atoms with Crippen molar-refractivity contribution < 1.29 is 9.53 Å². The van der Waals surface area contributed by atoms with Crippen molar-refractivity contribution in [1.82, 2.24) is 4.98 Å². The summed E-state index contributed by atoms with van der Waals surface area (Å²) in [6.45, 7) is 0. The van der Waals surface area contributed by atoms with Crippen molar-refractivity contribution in [3.8, 4) is 5.75 Å². The third-order valence-electron chi connectivity index (χ3n) is 3.18. The third kappa shape index (κ3) is 3.15. The van der Waals surface area contributed by atoms with Gasteiger partial charge >= 0.3 is 6.03 Å². The molecule has 0 fully saturated rings. The first-order chi connectivity index (χ1) is 10.7. The average Bonchev–Trinajstić information content (AvgIpc) is 2.55. The number of hydrogen-bond acceptors (Lipinski definition) is 3. The molecule has 0 spiro atoms. The van der Waals surface area contributed by atoms with Gasteiger partial charge in [-0.15, -0.1) is 0 Å². The third-order valence-corrected chi connectivity index (χ3v) is 3.18. The second-order valence-corrected chi connectivity index (χ2v) is 4.73. The molecule has 0 aliphatic rings. The van der Waals surface area contributed by atoms with Crippen molar-refractivity contribution in [2.45, 2.75) is 0 Å². The molecule has 1 heterocycles. The van der Waals surface area contributed by atoms with Crippen LogP contribution < -0.4 is 15.4 Å². The second-order valence-electron chi connectivity index (χ2n) is 4.73. The Labute approximate surface area is 127 Å². The number of anilines is 2. The molecular weight excluding hydrogens is 278 g/mol. The zero-order valence-electron chi connectivity index (χ0n) is 12.0. The van der Waals surface area contributed by atoms with Gasteiger partial charge in [-0.05, 0) is 30.3 Å². The highest BCUT2D eigenvalue weighted by molar-refractivity contribution is 6.00. The van der Waals surface area contributed by atoms with Crippen LogP contribution in [0, 0.1) is 0 Å². The average molecular weight is 293 g/mol. The van der Waals surface area contributed by atoms with Gasteiger partial charge in [-0.1, -0.05) is 18.2 Å². The van der Waals surface area contributed by atoms with Crippen LogP contribution in [0.1, 0.15) is 0 Å². The summed E-state index contributed by atoms with van der Waals surface area (Å²) in [5.41, 5.74) is 2.18. The number of nitrogens with one attached hydrogen (secondary N) is 2. The van der Waals surface area contributed by atoms with Gasteiger partial charge in [0.1, 0.15) is 5.75 Å². The molecule has 5 nitrogen and oxygen atoms in total. The van der Waals surface area contributed by atoms with Gasteiger partial charge in [-0.25, -0.2) is 4.79 Å². The van der Waals surface area contributed by atoms with E-state index in [4.69, 9.17) is 4.74 Å². The van der Waals surface area contributed by atoms with Crippen LogP contribution in [0.3, 0.4) is 0 Å². The number of rotatable bonds is 3. The van der Waals surface area contributed by atoms with Crippen LogP contribution in [-0.2, 0) is 0 Å². The minimum Gasteiger partial charge on any atom is -0.497 e.